The second-order valence-corrected chi connectivity index (χ2v) is 44.6. The van der Waals surface area contributed by atoms with Crippen LogP contribution in [0.3, 0.4) is 0 Å². The molecule has 9 aromatic rings. The van der Waals surface area contributed by atoms with Gasteiger partial charge in [-0.1, -0.05) is 104 Å². The van der Waals surface area contributed by atoms with Crippen LogP contribution >= 0.6 is 34.8 Å². The molecule has 6 fully saturated rings. The van der Waals surface area contributed by atoms with E-state index in [1.54, 1.807) is 39.7 Å². The van der Waals surface area contributed by atoms with Crippen molar-refractivity contribution < 1.29 is 39.5 Å². The molecule has 0 spiro atoms. The monoisotopic (exact) mass is 1900 g/mol. The van der Waals surface area contributed by atoms with Crippen molar-refractivity contribution in [1.29, 1.82) is 0 Å². The highest BCUT2D eigenvalue weighted by atomic mass is 35.5. The third kappa shape index (κ3) is 25.8. The molecule has 3 aromatic carbocycles. The Bertz CT molecular complexity index is 5520. The molecule has 130 heavy (non-hydrogen) atoms. The van der Waals surface area contributed by atoms with Crippen molar-refractivity contribution in [2.45, 2.75) is 275 Å². The van der Waals surface area contributed by atoms with Gasteiger partial charge in [-0.25, -0.2) is 40.2 Å². The van der Waals surface area contributed by atoms with Crippen molar-refractivity contribution in [1.82, 2.24) is 73.9 Å². The zero-order chi connectivity index (χ0) is 93.4. The Kier molecular flexibility index (Phi) is 32.8. The molecule has 30 nitrogen and oxygen atoms in total. The predicted molar refractivity (Wildman–Crippen MR) is 520 cm³/mol. The van der Waals surface area contributed by atoms with Gasteiger partial charge in [0.15, 0.2) is 47.0 Å². The molecule has 708 valence electrons. The molecule has 6 aromatic heterocycles. The van der Waals surface area contributed by atoms with Crippen LogP contribution in [0.5, 0.6) is 17.2 Å². The van der Waals surface area contributed by atoms with E-state index in [0.29, 0.717) is 70.8 Å². The van der Waals surface area contributed by atoms with Gasteiger partial charge in [-0.15, -0.1) is 0 Å². The summed E-state index contributed by atoms with van der Waals surface area (Å²) in [5, 5.41) is 32.6. The van der Waals surface area contributed by atoms with Gasteiger partial charge >= 0.3 is 0 Å². The molecule has 15 rings (SSSR count). The van der Waals surface area contributed by atoms with Gasteiger partial charge in [0.05, 0.1) is 88.3 Å². The highest BCUT2D eigenvalue weighted by Gasteiger charge is 2.36. The fourth-order valence-electron chi connectivity index (χ4n) is 18.2. The molecule has 0 saturated heterocycles. The molecule has 0 bridgehead atoms. The molecule has 6 aliphatic carbocycles. The van der Waals surface area contributed by atoms with E-state index in [-0.39, 0.29) is 101 Å². The van der Waals surface area contributed by atoms with Crippen LogP contribution in [0.4, 0.5) is 69.4 Å². The van der Waals surface area contributed by atoms with E-state index in [0.717, 1.165) is 112 Å². The van der Waals surface area contributed by atoms with Crippen LogP contribution in [0.25, 0.3) is 0 Å². The molecule has 0 unspecified atom stereocenters. The van der Waals surface area contributed by atoms with Crippen LogP contribution in [0.2, 0.25) is 15.1 Å². The van der Waals surface area contributed by atoms with Crippen molar-refractivity contribution in [3.05, 3.63) is 122 Å². The molecule has 36 heteroatoms. The van der Waals surface area contributed by atoms with E-state index in [4.69, 9.17) is 49.0 Å². The van der Waals surface area contributed by atoms with Gasteiger partial charge in [0.25, 0.3) is 0 Å². The zero-order valence-corrected chi connectivity index (χ0v) is 83.5. The molecule has 0 amide bonds. The SMILES string of the molecule is CCN(CC)C1CCC(c2cc(OC3CC3)c(Nc3ncc(Cl)c(Nc4cn(C)nc4S(=O)(=O)CC(C)C)n3)cc2C)CC1.CCN(CC)C1CCC(c2cc(OC3CC3)c(Nc3ncc(Cl)c(Nc4cn(C)nc4S(=O)(=O)CC(C)C)n3)cc2C)CC1.Cc1cc(Nc2ncc(Cl)c(Nc3cn(C)nc3S(=O)(=O)CC(C)C)n2)c(OC2CC2)cc1C1CCC(N(C)C)CC1. The van der Waals surface area contributed by atoms with E-state index in [1.807, 2.05) is 41.5 Å². The molecule has 0 aliphatic heterocycles. The Morgan fingerprint density at radius 3 is 0.862 bits per heavy atom. The summed E-state index contributed by atoms with van der Waals surface area (Å²) in [5.41, 5.74) is 11.0. The van der Waals surface area contributed by atoms with Gasteiger partial charge in [0.2, 0.25) is 32.9 Å². The Labute approximate surface area is 784 Å². The maximum absolute atomic E-state index is 13.0. The third-order valence-corrected chi connectivity index (χ3v) is 31.8. The number of benzene rings is 3. The molecular formula is C94H134Cl3N21O9S3. The number of aryl methyl sites for hydroxylation is 6. The highest BCUT2D eigenvalue weighted by Crippen LogP contribution is 2.48. The average Bonchev–Trinajstić information content (AvgIpc) is 1.42. The average molecular weight is 1900 g/mol. The van der Waals surface area contributed by atoms with Crippen molar-refractivity contribution in [3.63, 3.8) is 0 Å². The summed E-state index contributed by atoms with van der Waals surface area (Å²) in [6, 6.07) is 15.0. The lowest BCUT2D eigenvalue weighted by molar-refractivity contribution is 0.163. The largest absolute Gasteiger partial charge is 0.488 e. The van der Waals surface area contributed by atoms with Gasteiger partial charge in [0.1, 0.15) is 32.3 Å². The number of hydrogen-bond donors (Lipinski definition) is 6. The number of nitrogens with zero attached hydrogens (tertiary/aromatic N) is 15. The van der Waals surface area contributed by atoms with Crippen LogP contribution in [0.1, 0.15) is 236 Å². The molecule has 6 heterocycles. The van der Waals surface area contributed by atoms with Crippen molar-refractivity contribution in [2.24, 2.45) is 38.9 Å². The van der Waals surface area contributed by atoms with Gasteiger partial charge in [-0.3, -0.25) is 14.0 Å². The molecular weight excluding hydrogens is 1770 g/mol. The minimum atomic E-state index is -3.62. The van der Waals surface area contributed by atoms with Crippen LogP contribution in [0, 0.1) is 38.5 Å². The lowest BCUT2D eigenvalue weighted by Crippen LogP contribution is -2.37. The van der Waals surface area contributed by atoms with Gasteiger partial charge in [-0.2, -0.15) is 30.2 Å². The molecule has 6 aliphatic rings. The maximum Gasteiger partial charge on any atom is 0.229 e. The lowest BCUT2D eigenvalue weighted by atomic mass is 9.79. The van der Waals surface area contributed by atoms with Crippen molar-refractivity contribution in [3.8, 4) is 17.2 Å². The van der Waals surface area contributed by atoms with E-state index in [2.05, 4.69) is 191 Å². The van der Waals surface area contributed by atoms with Gasteiger partial charge in [0, 0.05) is 57.9 Å². The normalized spacial score (nSPS) is 19.1. The van der Waals surface area contributed by atoms with Crippen LogP contribution in [0.15, 0.2) is 88.7 Å². The molecule has 6 N–H and O–H groups in total. The quantitative estimate of drug-likeness (QED) is 0.0211. The van der Waals surface area contributed by atoms with Gasteiger partial charge < -0.3 is 60.8 Å². The van der Waals surface area contributed by atoms with E-state index >= 15 is 0 Å². The predicted octanol–water partition coefficient (Wildman–Crippen LogP) is 20.2. The topological polar surface area (TPSA) is 343 Å². The Morgan fingerprint density at radius 1 is 0.377 bits per heavy atom. The second-order valence-electron chi connectivity index (χ2n) is 37.5. The second kappa shape index (κ2) is 43.1. The Balaban J connectivity index is 0.000000166. The van der Waals surface area contributed by atoms with Crippen LogP contribution < -0.4 is 46.1 Å². The number of anilines is 12. The standard InChI is InChI=1S/2C32H46ClN7O3S.C30H42ClN7O3S/c2*1-7-40(8-2)23-11-9-22(10-12-23)25-16-29(43-24-13-14-24)27(15-21(25)5)36-32-34-17-26(33)30(37-32)35-28-18-39(6)38-31(28)44(41,42)19-20(3)4;1-18(2)17-42(39,40)29-26(16-38(6)36-29)33-28-24(31)15-32-30(35-28)34-25-13-19(3)23(14-27(25)41-22-11-12-22)20-7-9-21(10-8-20)37(4)5/h2*15-18,20,22-24H,7-14,19H2,1-6H3,(H2,34,35,36,37);13-16,18,20-22H,7-12,17H2,1-6H3,(H2,32,33,34,35). The van der Waals surface area contributed by atoms with E-state index in [1.165, 1.54) is 130 Å². The van der Waals surface area contributed by atoms with Crippen LogP contribution in [-0.4, -0.2) is 193 Å². The molecule has 6 saturated carbocycles. The van der Waals surface area contributed by atoms with Gasteiger partial charge in [-0.05, 0) is 282 Å². The maximum atomic E-state index is 13.0. The van der Waals surface area contributed by atoms with Crippen LogP contribution in [-0.2, 0) is 50.7 Å². The first-order valence-corrected chi connectivity index (χ1v) is 52.5. The number of halogens is 3. The number of ether oxygens (including phenoxy) is 3. The Morgan fingerprint density at radius 2 is 0.631 bits per heavy atom. The first kappa shape index (κ1) is 98.8. The number of nitrogens with one attached hydrogen (secondary N) is 6. The Hall–Kier alpha value is -8.67. The zero-order valence-electron chi connectivity index (χ0n) is 78.8. The smallest absolute Gasteiger partial charge is 0.229 e. The first-order valence-electron chi connectivity index (χ1n) is 46.4. The summed E-state index contributed by atoms with van der Waals surface area (Å²) in [5.74, 6) is 5.57. The number of aromatic nitrogens is 12. The fourth-order valence-corrected chi connectivity index (χ4v) is 23.8. The first-order chi connectivity index (χ1) is 61.8. The summed E-state index contributed by atoms with van der Waals surface area (Å²) in [4.78, 5) is 34.6. The summed E-state index contributed by atoms with van der Waals surface area (Å²) in [6.45, 7) is 31.1. The number of rotatable bonds is 37. The number of sulfone groups is 3. The summed E-state index contributed by atoms with van der Waals surface area (Å²) in [7, 11) is -1.47. The fraction of sp³-hybridized carbons (Fsp3) is 0.585. The summed E-state index contributed by atoms with van der Waals surface area (Å²) in [6.07, 6.45) is 30.6. The van der Waals surface area contributed by atoms with E-state index in [9.17, 15) is 25.3 Å². The summed E-state index contributed by atoms with van der Waals surface area (Å²) >= 11 is 19.4. The minimum Gasteiger partial charge on any atom is -0.488 e. The minimum absolute atomic E-state index is 0.0144. The molecule has 0 atom stereocenters. The lowest BCUT2D eigenvalue weighted by Gasteiger charge is -2.36. The third-order valence-electron chi connectivity index (χ3n) is 25.0. The van der Waals surface area contributed by atoms with Crippen molar-refractivity contribution in [2.75, 3.05) is 89.4 Å². The summed E-state index contributed by atoms with van der Waals surface area (Å²) < 4.78 is 102. The molecule has 0 radical (unpaired) electrons. The van der Waals surface area contributed by atoms with Crippen molar-refractivity contribution >= 4 is 134 Å². The van der Waals surface area contributed by atoms with E-state index < -0.39 is 29.5 Å². The number of hydrogen-bond acceptors (Lipinski definition) is 27. The highest BCUT2D eigenvalue weighted by molar-refractivity contribution is 7.92.